The summed E-state index contributed by atoms with van der Waals surface area (Å²) in [4.78, 5) is 12.3. The van der Waals surface area contributed by atoms with Gasteiger partial charge in [-0.15, -0.1) is 12.4 Å². The highest BCUT2D eigenvalue weighted by molar-refractivity contribution is 5.85. The minimum Gasteiger partial charge on any atom is -0.392 e. The molecule has 0 unspecified atom stereocenters. The molecule has 1 aliphatic rings. The van der Waals surface area contributed by atoms with Crippen LogP contribution in [0.3, 0.4) is 0 Å². The molecule has 7 heteroatoms. The van der Waals surface area contributed by atoms with Crippen LogP contribution in [0, 0.1) is 5.82 Å². The Kier molecular flexibility index (Phi) is 7.22. The summed E-state index contributed by atoms with van der Waals surface area (Å²) in [6.07, 6.45) is 1.24. The largest absolute Gasteiger partial charge is 0.392 e. The van der Waals surface area contributed by atoms with Gasteiger partial charge in [0, 0.05) is 19.2 Å². The monoisotopic (exact) mass is 332 g/mol. The molecular formula is C15H22ClFN2O3. The number of amides is 1. The fourth-order valence-electron chi connectivity index (χ4n) is 2.53. The van der Waals surface area contributed by atoms with Gasteiger partial charge in [-0.2, -0.15) is 0 Å². The number of hydrogen-bond acceptors (Lipinski definition) is 4. The highest BCUT2D eigenvalue weighted by Crippen LogP contribution is 2.22. The van der Waals surface area contributed by atoms with Gasteiger partial charge < -0.3 is 20.5 Å². The Labute approximate surface area is 135 Å². The third-order valence-corrected chi connectivity index (χ3v) is 3.96. The number of ether oxygens (including phenoxy) is 1. The molecule has 1 aliphatic heterocycles. The Hall–Kier alpha value is -1.21. The van der Waals surface area contributed by atoms with Crippen LogP contribution >= 0.6 is 12.4 Å². The first-order valence-electron chi connectivity index (χ1n) is 7.03. The summed E-state index contributed by atoms with van der Waals surface area (Å²) in [6, 6.07) is 4.54. The summed E-state index contributed by atoms with van der Waals surface area (Å²) in [5, 5.41) is 14.9. The van der Waals surface area contributed by atoms with Crippen molar-refractivity contribution in [1.82, 2.24) is 10.6 Å². The Morgan fingerprint density at radius 3 is 2.68 bits per heavy atom. The number of hydrogen-bond donors (Lipinski definition) is 3. The molecule has 1 saturated heterocycles. The molecule has 1 heterocycles. The Balaban J connectivity index is 0.00000242. The van der Waals surface area contributed by atoms with Crippen LogP contribution in [0.5, 0.6) is 0 Å². The van der Waals surface area contributed by atoms with E-state index in [0.29, 0.717) is 18.4 Å². The number of aliphatic hydroxyl groups is 1. The van der Waals surface area contributed by atoms with Gasteiger partial charge in [-0.25, -0.2) is 4.39 Å². The molecule has 1 aromatic rings. The van der Waals surface area contributed by atoms with Crippen molar-refractivity contribution in [3.05, 3.63) is 35.1 Å². The van der Waals surface area contributed by atoms with E-state index in [1.54, 1.807) is 13.2 Å². The summed E-state index contributed by atoms with van der Waals surface area (Å²) in [5.41, 5.74) is 0.101. The summed E-state index contributed by atoms with van der Waals surface area (Å²) >= 11 is 0. The van der Waals surface area contributed by atoms with Crippen LogP contribution in [0.4, 0.5) is 4.39 Å². The minimum atomic E-state index is -0.797. The SMILES string of the molecule is COC1(C(=O)NCc2ccc(CO)c(F)c2)CCNCC1.Cl. The molecule has 3 N–H and O–H groups in total. The number of methoxy groups -OCH3 is 1. The first-order chi connectivity index (χ1) is 10.1. The van der Waals surface area contributed by atoms with E-state index in [1.807, 2.05) is 0 Å². The Bertz CT molecular complexity index is 508. The van der Waals surface area contributed by atoms with Crippen molar-refractivity contribution < 1.29 is 19.0 Å². The number of benzene rings is 1. The van der Waals surface area contributed by atoms with Crippen LogP contribution in [-0.4, -0.2) is 36.8 Å². The summed E-state index contributed by atoms with van der Waals surface area (Å²) in [6.45, 7) is 1.38. The minimum absolute atomic E-state index is 0. The lowest BCUT2D eigenvalue weighted by Gasteiger charge is -2.34. The number of rotatable bonds is 5. The third kappa shape index (κ3) is 4.16. The van der Waals surface area contributed by atoms with Gasteiger partial charge >= 0.3 is 0 Å². The molecule has 0 saturated carbocycles. The molecule has 1 amide bonds. The van der Waals surface area contributed by atoms with Gasteiger partial charge in [0.25, 0.3) is 5.91 Å². The normalized spacial score (nSPS) is 16.7. The van der Waals surface area contributed by atoms with Crippen LogP contribution in [0.1, 0.15) is 24.0 Å². The lowest BCUT2D eigenvalue weighted by atomic mass is 9.91. The maximum Gasteiger partial charge on any atom is 0.252 e. The molecule has 0 aromatic heterocycles. The van der Waals surface area contributed by atoms with Gasteiger partial charge in [-0.3, -0.25) is 4.79 Å². The molecule has 2 rings (SSSR count). The van der Waals surface area contributed by atoms with Gasteiger partial charge in [0.2, 0.25) is 0 Å². The van der Waals surface area contributed by atoms with Crippen molar-refractivity contribution in [3.63, 3.8) is 0 Å². The zero-order valence-electron chi connectivity index (χ0n) is 12.5. The number of nitrogens with one attached hydrogen (secondary N) is 2. The molecule has 0 bridgehead atoms. The van der Waals surface area contributed by atoms with Crippen LogP contribution in [0.2, 0.25) is 0 Å². The number of carbonyl (C=O) groups is 1. The van der Waals surface area contributed by atoms with Gasteiger partial charge in [0.1, 0.15) is 11.4 Å². The number of aliphatic hydroxyl groups excluding tert-OH is 1. The predicted octanol–water partition coefficient (Wildman–Crippen LogP) is 1.12. The van der Waals surface area contributed by atoms with Crippen LogP contribution in [0.15, 0.2) is 18.2 Å². The van der Waals surface area contributed by atoms with E-state index in [2.05, 4.69) is 10.6 Å². The molecular weight excluding hydrogens is 311 g/mol. The van der Waals surface area contributed by atoms with Crippen LogP contribution in [-0.2, 0) is 22.7 Å². The molecule has 0 atom stereocenters. The quantitative estimate of drug-likeness (QED) is 0.756. The molecule has 1 aromatic carbocycles. The first-order valence-corrected chi connectivity index (χ1v) is 7.03. The van der Waals surface area contributed by atoms with Crippen molar-refractivity contribution in [2.75, 3.05) is 20.2 Å². The Morgan fingerprint density at radius 2 is 2.14 bits per heavy atom. The molecule has 5 nitrogen and oxygen atoms in total. The maximum atomic E-state index is 13.6. The maximum absolute atomic E-state index is 13.6. The van der Waals surface area contributed by atoms with Crippen molar-refractivity contribution in [3.8, 4) is 0 Å². The van der Waals surface area contributed by atoms with E-state index in [0.717, 1.165) is 13.1 Å². The average molecular weight is 333 g/mol. The Morgan fingerprint density at radius 1 is 1.45 bits per heavy atom. The van der Waals surface area contributed by atoms with Gasteiger partial charge in [-0.05, 0) is 37.6 Å². The van der Waals surface area contributed by atoms with E-state index >= 15 is 0 Å². The van der Waals surface area contributed by atoms with E-state index in [1.165, 1.54) is 12.1 Å². The third-order valence-electron chi connectivity index (χ3n) is 3.96. The van der Waals surface area contributed by atoms with E-state index in [-0.39, 0.29) is 37.0 Å². The smallest absolute Gasteiger partial charge is 0.252 e. The fourth-order valence-corrected chi connectivity index (χ4v) is 2.53. The molecule has 0 radical (unpaired) electrons. The number of carbonyl (C=O) groups excluding carboxylic acids is 1. The highest BCUT2D eigenvalue weighted by atomic mass is 35.5. The second-order valence-corrected chi connectivity index (χ2v) is 5.21. The zero-order valence-corrected chi connectivity index (χ0v) is 13.3. The van der Waals surface area contributed by atoms with Crippen LogP contribution < -0.4 is 10.6 Å². The van der Waals surface area contributed by atoms with E-state index < -0.39 is 11.4 Å². The van der Waals surface area contributed by atoms with Crippen molar-refractivity contribution in [2.24, 2.45) is 0 Å². The molecule has 0 spiro atoms. The predicted molar refractivity (Wildman–Crippen MR) is 83.3 cm³/mol. The second kappa shape index (κ2) is 8.43. The molecule has 22 heavy (non-hydrogen) atoms. The second-order valence-electron chi connectivity index (χ2n) is 5.21. The van der Waals surface area contributed by atoms with Gasteiger partial charge in [-0.1, -0.05) is 12.1 Å². The molecule has 124 valence electrons. The van der Waals surface area contributed by atoms with Crippen molar-refractivity contribution >= 4 is 18.3 Å². The fraction of sp³-hybridized carbons (Fsp3) is 0.533. The molecule has 1 fully saturated rings. The van der Waals surface area contributed by atoms with Crippen molar-refractivity contribution in [2.45, 2.75) is 31.6 Å². The van der Waals surface area contributed by atoms with Crippen LogP contribution in [0.25, 0.3) is 0 Å². The lowest BCUT2D eigenvalue weighted by molar-refractivity contribution is -0.146. The highest BCUT2D eigenvalue weighted by Gasteiger charge is 2.39. The zero-order chi connectivity index (χ0) is 15.3. The standard InChI is InChI=1S/C15H21FN2O3.ClH/c1-21-15(4-6-17-7-5-15)14(20)18-9-11-2-3-12(10-19)13(16)8-11;/h2-3,8,17,19H,4-7,9-10H2,1H3,(H,18,20);1H. The summed E-state index contributed by atoms with van der Waals surface area (Å²) in [5.74, 6) is -0.634. The molecule has 0 aliphatic carbocycles. The number of piperidine rings is 1. The van der Waals surface area contributed by atoms with E-state index in [4.69, 9.17) is 9.84 Å². The van der Waals surface area contributed by atoms with Crippen molar-refractivity contribution in [1.29, 1.82) is 0 Å². The average Bonchev–Trinajstić information content (AvgIpc) is 2.53. The first kappa shape index (κ1) is 18.8. The topological polar surface area (TPSA) is 70.6 Å². The summed E-state index contributed by atoms with van der Waals surface area (Å²) < 4.78 is 19.0. The van der Waals surface area contributed by atoms with Gasteiger partial charge in [0.15, 0.2) is 0 Å². The van der Waals surface area contributed by atoms with Gasteiger partial charge in [0.05, 0.1) is 6.61 Å². The summed E-state index contributed by atoms with van der Waals surface area (Å²) in [7, 11) is 1.54. The van der Waals surface area contributed by atoms with E-state index in [9.17, 15) is 9.18 Å². The lowest BCUT2D eigenvalue weighted by Crippen LogP contribution is -2.53. The number of halogens is 2.